The van der Waals surface area contributed by atoms with Gasteiger partial charge >= 0.3 is 18.1 Å². The van der Waals surface area contributed by atoms with Crippen molar-refractivity contribution in [2.75, 3.05) is 39.2 Å². The summed E-state index contributed by atoms with van der Waals surface area (Å²) in [4.78, 5) is 123. The number of likely N-dealkylation sites (tertiary alicyclic amines) is 1. The number of imide groups is 1. The number of carbonyl (C=O) groups excluding carboxylic acids is 9. The van der Waals surface area contributed by atoms with Crippen molar-refractivity contribution in [1.29, 1.82) is 0 Å². The fourth-order valence-corrected chi connectivity index (χ4v) is 10.9. The van der Waals surface area contributed by atoms with Crippen LogP contribution >= 0.6 is 11.6 Å². The van der Waals surface area contributed by atoms with Crippen LogP contribution in [0.15, 0.2) is 35.9 Å². The lowest BCUT2D eigenvalue weighted by Gasteiger charge is -2.41. The molecule has 4 aliphatic heterocycles. The molecule has 4 aliphatic rings. The van der Waals surface area contributed by atoms with Crippen molar-refractivity contribution in [2.24, 2.45) is 35.3 Å². The number of epoxide rings is 1. The number of hydrogen-bond acceptors (Lipinski definition) is 14. The third-order valence-electron chi connectivity index (χ3n) is 16.2. The average Bonchev–Trinajstić information content (AvgIpc) is 4.26. The van der Waals surface area contributed by atoms with Gasteiger partial charge < -0.3 is 50.2 Å². The number of aliphatic hydroxyl groups is 1. The molecule has 1 aromatic rings. The zero-order valence-corrected chi connectivity index (χ0v) is 48.6. The largest absolute Gasteiger partial charge is 0.495 e. The third-order valence-corrected chi connectivity index (χ3v) is 16.5. The summed E-state index contributed by atoms with van der Waals surface area (Å²) in [5, 5.41) is 20.0. The Hall–Kier alpha value is -6.06. The van der Waals surface area contributed by atoms with Gasteiger partial charge in [-0.1, -0.05) is 89.3 Å². The summed E-state index contributed by atoms with van der Waals surface area (Å²) in [6.45, 7) is 14.4. The number of ketones is 1. The van der Waals surface area contributed by atoms with Crippen LogP contribution in [0.4, 0.5) is 15.3 Å². The number of carbonyl (C=O) groups is 9. The maximum atomic E-state index is 14.5. The lowest BCUT2D eigenvalue weighted by molar-refractivity contribution is -0.162. The lowest BCUT2D eigenvalue weighted by atomic mass is 9.82. The summed E-state index contributed by atoms with van der Waals surface area (Å²) in [5.41, 5.74) is 4.27. The number of nitrogens with two attached hydrogens (primary N) is 1. The fourth-order valence-electron chi connectivity index (χ4n) is 10.6. The smallest absolute Gasteiger partial charge is 0.409 e. The van der Waals surface area contributed by atoms with E-state index >= 15 is 0 Å². The Morgan fingerprint density at radius 1 is 1.00 bits per heavy atom. The first-order chi connectivity index (χ1) is 37.1. The second-order valence-electron chi connectivity index (χ2n) is 22.6. The number of halogens is 1. The molecule has 8 amide bonds. The first-order valence-corrected chi connectivity index (χ1v) is 28.0. The molecule has 438 valence electrons. The van der Waals surface area contributed by atoms with Gasteiger partial charge in [0, 0.05) is 76.5 Å². The van der Waals surface area contributed by atoms with Crippen LogP contribution < -0.4 is 31.3 Å². The molecular weight excluding hydrogens is 1040 g/mol. The van der Waals surface area contributed by atoms with E-state index < -0.39 is 108 Å². The van der Waals surface area contributed by atoms with Gasteiger partial charge in [-0.25, -0.2) is 14.4 Å². The van der Waals surface area contributed by atoms with Crippen LogP contribution in [0.5, 0.6) is 5.75 Å². The number of ether oxygens (including phenoxy) is 4. The highest BCUT2D eigenvalue weighted by molar-refractivity contribution is 6.35. The minimum absolute atomic E-state index is 0.0118. The summed E-state index contributed by atoms with van der Waals surface area (Å²) in [6.07, 6.45) is 5.82. The molecular formula is C57H84ClN7O14. The first kappa shape index (κ1) is 63.8. The van der Waals surface area contributed by atoms with Crippen molar-refractivity contribution in [3.05, 3.63) is 46.5 Å². The van der Waals surface area contributed by atoms with Gasteiger partial charge in [-0.15, -0.1) is 0 Å². The predicted octanol–water partition coefficient (Wildman–Crippen LogP) is 6.04. The number of urea groups is 1. The number of nitrogens with zero attached hydrogens (tertiary/aromatic N) is 3. The number of Topliss-reactive ketones (excluding diaryl/α,β-unsaturated/α-hetero) is 1. The standard InChI is InChI=1S/C57H84ClN7O14/c1-32(2)39(51(70)61-40(21-18-23-60-54(59)73)42(66)22-15-13-12-14-16-24-65-48(69)26-34(4)52(65)71)29-46(67)63(9)37(7)53(72)78-45-30-47(68)64(10)41-27-38(28-43(76-11)49(41)58)25-33(3)19-17-20-35(5)57(75)31-44(77-55(74)62-57)36(6)50-56(45,8)79-50/h17,19-20,27-28,32,34-37,39-40,44-45,50,75H,12-16,18,21-26,29-31H2,1-11H3,(H,61,70)(H,62,74)(H3,59,60,73)/b20-17+,33-19+/t34?,35?,36?,37-,39?,40-,44?,45?,50?,56?,57?/m0/s1. The highest BCUT2D eigenvalue weighted by Crippen LogP contribution is 2.49. The molecule has 1 aromatic carbocycles. The summed E-state index contributed by atoms with van der Waals surface area (Å²) < 4.78 is 23.9. The molecule has 4 bridgehead atoms. The zero-order valence-electron chi connectivity index (χ0n) is 47.8. The highest BCUT2D eigenvalue weighted by atomic mass is 35.5. The zero-order chi connectivity index (χ0) is 58.7. The van der Waals surface area contributed by atoms with E-state index in [0.29, 0.717) is 50.1 Å². The van der Waals surface area contributed by atoms with Crippen LogP contribution in [0.25, 0.3) is 0 Å². The van der Waals surface area contributed by atoms with E-state index in [9.17, 15) is 48.3 Å². The molecule has 22 heteroatoms. The van der Waals surface area contributed by atoms with Gasteiger partial charge in [-0.2, -0.15) is 0 Å². The van der Waals surface area contributed by atoms with E-state index in [-0.39, 0.29) is 67.2 Å². The van der Waals surface area contributed by atoms with Gasteiger partial charge in [-0.3, -0.25) is 39.0 Å². The molecule has 0 aromatic heterocycles. The van der Waals surface area contributed by atoms with Crippen LogP contribution in [0.1, 0.15) is 138 Å². The summed E-state index contributed by atoms with van der Waals surface area (Å²) in [5.74, 6) is -5.44. The van der Waals surface area contributed by atoms with Crippen molar-refractivity contribution < 1.29 is 67.2 Å². The quantitative estimate of drug-likeness (QED) is 0.0383. The number of hydrogen-bond donors (Lipinski definition) is 5. The van der Waals surface area contributed by atoms with Crippen molar-refractivity contribution in [3.8, 4) is 5.75 Å². The van der Waals surface area contributed by atoms with Crippen LogP contribution in [0.3, 0.4) is 0 Å². The SMILES string of the molecule is COc1cc2cc(c1Cl)N(C)C(=O)CC(OC(=O)[C@H](C)N(C)C(=O)CC(C(=O)N[C@@H](CCCNC(N)=O)C(=O)CCCCCCCN1C(=O)CC(C)C1=O)C(C)C)C1(C)OC1C(C)C1CC(O)(NC(=O)O1)C(C)/C=C/C=C(\C)C2. The molecule has 0 radical (unpaired) electrons. The number of rotatable bonds is 22. The third kappa shape index (κ3) is 16.5. The van der Waals surface area contributed by atoms with Crippen molar-refractivity contribution in [2.45, 2.75) is 181 Å². The van der Waals surface area contributed by atoms with Crippen molar-refractivity contribution >= 4 is 70.7 Å². The topological polar surface area (TPSA) is 286 Å². The summed E-state index contributed by atoms with van der Waals surface area (Å²) >= 11 is 6.84. The Balaban J connectivity index is 1.30. The Bertz CT molecular complexity index is 2500. The fraction of sp³-hybridized carbons (Fsp3) is 0.667. The number of primary amides is 1. The van der Waals surface area contributed by atoms with E-state index in [1.165, 1.54) is 30.9 Å². The van der Waals surface area contributed by atoms with E-state index in [4.69, 9.17) is 36.3 Å². The van der Waals surface area contributed by atoms with Crippen LogP contribution in [0.2, 0.25) is 5.02 Å². The molecule has 21 nitrogen and oxygen atoms in total. The second kappa shape index (κ2) is 27.9. The predicted molar refractivity (Wildman–Crippen MR) is 294 cm³/mol. The van der Waals surface area contributed by atoms with Gasteiger partial charge in [-0.05, 0) is 76.5 Å². The highest BCUT2D eigenvalue weighted by Gasteiger charge is 2.64. The molecule has 3 saturated heterocycles. The molecule has 0 spiro atoms. The molecule has 0 aliphatic carbocycles. The molecule has 6 N–H and O–H groups in total. The molecule has 5 rings (SSSR count). The van der Waals surface area contributed by atoms with Gasteiger partial charge in [0.2, 0.25) is 29.5 Å². The van der Waals surface area contributed by atoms with Gasteiger partial charge in [0.15, 0.2) is 5.78 Å². The Morgan fingerprint density at radius 3 is 2.33 bits per heavy atom. The first-order valence-electron chi connectivity index (χ1n) is 27.6. The van der Waals surface area contributed by atoms with Crippen molar-refractivity contribution in [3.63, 3.8) is 0 Å². The number of likely N-dealkylation sites (N-methyl/N-ethyl adjacent to an activating group) is 1. The molecule has 0 saturated carbocycles. The number of fused-ring (bicyclic) bond motifs is 5. The number of allylic oxidation sites excluding steroid dienone is 3. The molecule has 3 fully saturated rings. The number of unbranched alkanes of at least 4 members (excludes halogenated alkanes) is 4. The number of amides is 8. The molecule has 4 heterocycles. The summed E-state index contributed by atoms with van der Waals surface area (Å²) in [6, 6.07) is 0.649. The van der Waals surface area contributed by atoms with Crippen molar-refractivity contribution in [1.82, 2.24) is 25.8 Å². The second-order valence-corrected chi connectivity index (χ2v) is 22.9. The van der Waals surface area contributed by atoms with E-state index in [2.05, 4.69) is 16.0 Å². The number of benzene rings is 1. The Labute approximate surface area is 469 Å². The number of methoxy groups -OCH3 is 1. The van der Waals surface area contributed by atoms with Gasteiger partial charge in [0.1, 0.15) is 40.3 Å². The monoisotopic (exact) mass is 1130 g/mol. The molecule has 9 unspecified atom stereocenters. The number of anilines is 1. The van der Waals surface area contributed by atoms with Crippen LogP contribution in [-0.4, -0.2) is 144 Å². The molecule has 79 heavy (non-hydrogen) atoms. The van der Waals surface area contributed by atoms with Gasteiger partial charge in [0.05, 0.1) is 31.4 Å². The maximum Gasteiger partial charge on any atom is 0.409 e. The van der Waals surface area contributed by atoms with Crippen LogP contribution in [-0.2, 0) is 54.2 Å². The van der Waals surface area contributed by atoms with E-state index in [1.807, 2.05) is 19.1 Å². The Morgan fingerprint density at radius 2 is 1.68 bits per heavy atom. The lowest BCUT2D eigenvalue weighted by Crippen LogP contribution is -2.60. The number of alkyl carbamates (subject to hydrolysis) is 1. The van der Waals surface area contributed by atoms with Gasteiger partial charge in [0.25, 0.3) is 0 Å². The van der Waals surface area contributed by atoms with E-state index in [0.717, 1.165) is 28.9 Å². The minimum Gasteiger partial charge on any atom is -0.495 e. The number of esters is 1. The van der Waals surface area contributed by atoms with E-state index in [1.54, 1.807) is 66.8 Å². The Kier molecular flexibility index (Phi) is 22.5. The maximum absolute atomic E-state index is 14.5. The summed E-state index contributed by atoms with van der Waals surface area (Å²) in [7, 11) is 4.41. The number of nitrogens with one attached hydrogen (secondary N) is 3. The van der Waals surface area contributed by atoms with Crippen LogP contribution in [0, 0.1) is 29.6 Å². The molecule has 11 atom stereocenters. The minimum atomic E-state index is -1.69. The normalized spacial score (nSPS) is 27.5. The average molecular weight is 1130 g/mol.